The Balaban J connectivity index is 1.99. The Kier molecular flexibility index (Phi) is 4.80. The molecule has 2 rings (SSSR count). The molecule has 0 saturated heterocycles. The Morgan fingerprint density at radius 1 is 1.10 bits per heavy atom. The van der Waals surface area contributed by atoms with Crippen LogP contribution in [0.25, 0.3) is 0 Å². The summed E-state index contributed by atoms with van der Waals surface area (Å²) < 4.78 is 38.0. The number of halogens is 1. The first kappa shape index (κ1) is 15.3. The Morgan fingerprint density at radius 3 is 2.48 bits per heavy atom. The van der Waals surface area contributed by atoms with Crippen molar-refractivity contribution in [3.63, 3.8) is 0 Å². The molecule has 0 fully saturated rings. The van der Waals surface area contributed by atoms with Gasteiger partial charge in [-0.1, -0.05) is 30.3 Å². The molecule has 0 heterocycles. The van der Waals surface area contributed by atoms with E-state index in [2.05, 4.69) is 10.0 Å². The smallest absolute Gasteiger partial charge is 0.229 e. The van der Waals surface area contributed by atoms with Crippen LogP contribution in [0.4, 0.5) is 15.8 Å². The Hall–Kier alpha value is -2.08. The van der Waals surface area contributed by atoms with Gasteiger partial charge < -0.3 is 5.32 Å². The van der Waals surface area contributed by atoms with Gasteiger partial charge in [-0.2, -0.15) is 0 Å². The maximum Gasteiger partial charge on any atom is 0.229 e. The van der Waals surface area contributed by atoms with E-state index in [0.29, 0.717) is 12.2 Å². The summed E-state index contributed by atoms with van der Waals surface area (Å²) >= 11 is 0. The van der Waals surface area contributed by atoms with E-state index in [9.17, 15) is 12.8 Å². The van der Waals surface area contributed by atoms with E-state index in [1.165, 1.54) is 17.7 Å². The summed E-state index contributed by atoms with van der Waals surface area (Å²) in [7, 11) is -3.50. The minimum absolute atomic E-state index is 0.0535. The van der Waals surface area contributed by atoms with Crippen molar-refractivity contribution in [1.29, 1.82) is 0 Å². The molecule has 0 spiro atoms. The highest BCUT2D eigenvalue weighted by Crippen LogP contribution is 2.20. The molecule has 0 aliphatic rings. The van der Waals surface area contributed by atoms with Gasteiger partial charge >= 0.3 is 0 Å². The zero-order valence-electron chi connectivity index (χ0n) is 11.6. The second kappa shape index (κ2) is 6.58. The molecule has 2 aromatic rings. The first-order chi connectivity index (χ1) is 9.94. The SMILES string of the molecule is CS(=O)(=O)Nc1cc(NCCc2ccccc2)ccc1F. The number of rotatable bonds is 6. The zero-order chi connectivity index (χ0) is 15.3. The summed E-state index contributed by atoms with van der Waals surface area (Å²) in [5.74, 6) is -0.603. The summed E-state index contributed by atoms with van der Waals surface area (Å²) in [6, 6.07) is 14.2. The lowest BCUT2D eigenvalue weighted by Crippen LogP contribution is -2.11. The third kappa shape index (κ3) is 5.07. The molecular formula is C15H17FN2O2S. The third-order valence-electron chi connectivity index (χ3n) is 2.85. The molecule has 2 N–H and O–H groups in total. The van der Waals surface area contributed by atoms with Crippen molar-refractivity contribution in [2.75, 3.05) is 22.8 Å². The van der Waals surface area contributed by atoms with Gasteiger partial charge in [0.1, 0.15) is 5.82 Å². The van der Waals surface area contributed by atoms with Crippen LogP contribution >= 0.6 is 0 Å². The Morgan fingerprint density at radius 2 is 1.81 bits per heavy atom. The number of sulfonamides is 1. The van der Waals surface area contributed by atoms with Gasteiger partial charge in [0.05, 0.1) is 11.9 Å². The second-order valence-electron chi connectivity index (χ2n) is 4.73. The first-order valence-corrected chi connectivity index (χ1v) is 8.38. The lowest BCUT2D eigenvalue weighted by molar-refractivity contribution is 0.604. The molecule has 0 aliphatic heterocycles. The molecule has 0 unspecified atom stereocenters. The summed E-state index contributed by atoms with van der Waals surface area (Å²) in [5, 5.41) is 3.15. The van der Waals surface area contributed by atoms with Gasteiger partial charge in [-0.15, -0.1) is 0 Å². The van der Waals surface area contributed by atoms with E-state index in [4.69, 9.17) is 0 Å². The lowest BCUT2D eigenvalue weighted by atomic mass is 10.1. The van der Waals surface area contributed by atoms with Crippen molar-refractivity contribution in [1.82, 2.24) is 0 Å². The lowest BCUT2D eigenvalue weighted by Gasteiger charge is -2.10. The first-order valence-electron chi connectivity index (χ1n) is 6.49. The van der Waals surface area contributed by atoms with Gasteiger partial charge in [0.15, 0.2) is 0 Å². The van der Waals surface area contributed by atoms with E-state index in [0.717, 1.165) is 12.7 Å². The van der Waals surface area contributed by atoms with E-state index < -0.39 is 15.8 Å². The summed E-state index contributed by atoms with van der Waals surface area (Å²) in [6.07, 6.45) is 1.81. The van der Waals surface area contributed by atoms with Crippen LogP contribution in [0.5, 0.6) is 0 Å². The van der Waals surface area contributed by atoms with Crippen molar-refractivity contribution < 1.29 is 12.8 Å². The van der Waals surface area contributed by atoms with Crippen LogP contribution in [0.15, 0.2) is 48.5 Å². The maximum absolute atomic E-state index is 13.5. The van der Waals surface area contributed by atoms with Gasteiger partial charge in [-0.3, -0.25) is 4.72 Å². The highest BCUT2D eigenvalue weighted by molar-refractivity contribution is 7.92. The van der Waals surface area contributed by atoms with Crippen molar-refractivity contribution in [3.05, 3.63) is 59.9 Å². The minimum atomic E-state index is -3.50. The standard InChI is InChI=1S/C15H17FN2O2S/c1-21(19,20)18-15-11-13(7-8-14(15)16)17-10-9-12-5-3-2-4-6-12/h2-8,11,17-18H,9-10H2,1H3. The van der Waals surface area contributed by atoms with Crippen LogP contribution in [0.3, 0.4) is 0 Å². The third-order valence-corrected chi connectivity index (χ3v) is 3.44. The fourth-order valence-electron chi connectivity index (χ4n) is 1.91. The van der Waals surface area contributed by atoms with Crippen LogP contribution in [0.1, 0.15) is 5.56 Å². The molecule has 0 saturated carbocycles. The molecule has 0 amide bonds. The molecule has 21 heavy (non-hydrogen) atoms. The predicted octanol–water partition coefficient (Wildman–Crippen LogP) is 2.85. The van der Waals surface area contributed by atoms with Crippen LogP contribution in [-0.2, 0) is 16.4 Å². The molecule has 0 bridgehead atoms. The van der Waals surface area contributed by atoms with Crippen LogP contribution in [0, 0.1) is 5.82 Å². The highest BCUT2D eigenvalue weighted by Gasteiger charge is 2.08. The van der Waals surface area contributed by atoms with E-state index in [1.807, 2.05) is 30.3 Å². The Labute approximate surface area is 124 Å². The summed E-state index contributed by atoms with van der Waals surface area (Å²) in [6.45, 7) is 0.675. The zero-order valence-corrected chi connectivity index (χ0v) is 12.5. The van der Waals surface area contributed by atoms with Gasteiger partial charge in [-0.05, 0) is 30.2 Å². The topological polar surface area (TPSA) is 58.2 Å². The predicted molar refractivity (Wildman–Crippen MR) is 83.5 cm³/mol. The van der Waals surface area contributed by atoms with Gasteiger partial charge in [0.25, 0.3) is 0 Å². The number of benzene rings is 2. The van der Waals surface area contributed by atoms with E-state index in [1.54, 1.807) is 6.07 Å². The van der Waals surface area contributed by atoms with Gasteiger partial charge in [0, 0.05) is 12.2 Å². The molecule has 2 aromatic carbocycles. The molecule has 0 atom stereocenters. The highest BCUT2D eigenvalue weighted by atomic mass is 32.2. The van der Waals surface area contributed by atoms with Crippen LogP contribution in [-0.4, -0.2) is 21.2 Å². The fraction of sp³-hybridized carbons (Fsp3) is 0.200. The molecule has 112 valence electrons. The number of hydrogen-bond donors (Lipinski definition) is 2. The minimum Gasteiger partial charge on any atom is -0.385 e. The normalized spacial score (nSPS) is 11.1. The van der Waals surface area contributed by atoms with Crippen molar-refractivity contribution in [2.24, 2.45) is 0 Å². The van der Waals surface area contributed by atoms with Crippen LogP contribution in [0.2, 0.25) is 0 Å². The summed E-state index contributed by atoms with van der Waals surface area (Å²) in [4.78, 5) is 0. The van der Waals surface area contributed by atoms with Crippen molar-refractivity contribution >= 4 is 21.4 Å². The second-order valence-corrected chi connectivity index (χ2v) is 6.48. The van der Waals surface area contributed by atoms with Gasteiger partial charge in [0.2, 0.25) is 10.0 Å². The molecule has 4 nitrogen and oxygen atoms in total. The van der Waals surface area contributed by atoms with Crippen molar-refractivity contribution in [3.8, 4) is 0 Å². The largest absolute Gasteiger partial charge is 0.385 e. The Bertz CT molecular complexity index is 703. The number of hydrogen-bond acceptors (Lipinski definition) is 3. The fourth-order valence-corrected chi connectivity index (χ4v) is 2.46. The molecule has 0 aliphatic carbocycles. The van der Waals surface area contributed by atoms with Gasteiger partial charge in [-0.25, -0.2) is 12.8 Å². The van der Waals surface area contributed by atoms with Crippen molar-refractivity contribution in [2.45, 2.75) is 6.42 Å². The van der Waals surface area contributed by atoms with Crippen LogP contribution < -0.4 is 10.0 Å². The number of anilines is 2. The average molecular weight is 308 g/mol. The van der Waals surface area contributed by atoms with E-state index in [-0.39, 0.29) is 5.69 Å². The molecular weight excluding hydrogens is 291 g/mol. The molecule has 0 radical (unpaired) electrons. The number of nitrogens with one attached hydrogen (secondary N) is 2. The molecule has 0 aromatic heterocycles. The van der Waals surface area contributed by atoms with E-state index >= 15 is 0 Å². The summed E-state index contributed by atoms with van der Waals surface area (Å²) in [5.41, 5.74) is 1.81. The average Bonchev–Trinajstić information content (AvgIpc) is 2.42. The molecule has 6 heteroatoms. The monoisotopic (exact) mass is 308 g/mol. The maximum atomic E-state index is 13.5. The quantitative estimate of drug-likeness (QED) is 0.863.